The average Bonchev–Trinajstić information content (AvgIpc) is 2.64. The lowest BCUT2D eigenvalue weighted by Crippen LogP contribution is -2.55. The van der Waals surface area contributed by atoms with Gasteiger partial charge in [0.15, 0.2) is 0 Å². The lowest BCUT2D eigenvalue weighted by atomic mass is 10.1. The summed E-state index contributed by atoms with van der Waals surface area (Å²) >= 11 is 11.9. The van der Waals surface area contributed by atoms with Crippen LogP contribution >= 0.6 is 23.2 Å². The SMILES string of the molecule is O=C1CN(S(=O)(=O)c2cccc(Cl)c2Cl)CC(=O)N1CCc1ccccc1. The van der Waals surface area contributed by atoms with Gasteiger partial charge >= 0.3 is 0 Å². The highest BCUT2D eigenvalue weighted by Gasteiger charge is 2.38. The Morgan fingerprint density at radius 1 is 0.889 bits per heavy atom. The predicted molar refractivity (Wildman–Crippen MR) is 102 cm³/mol. The minimum Gasteiger partial charge on any atom is -0.280 e. The van der Waals surface area contributed by atoms with Crippen molar-refractivity contribution in [1.29, 1.82) is 0 Å². The molecule has 6 nitrogen and oxygen atoms in total. The highest BCUT2D eigenvalue weighted by Crippen LogP contribution is 2.31. The maximum atomic E-state index is 12.8. The van der Waals surface area contributed by atoms with E-state index in [1.165, 1.54) is 18.2 Å². The molecular formula is C18H16Cl2N2O4S. The zero-order chi connectivity index (χ0) is 19.6. The molecule has 1 fully saturated rings. The molecule has 27 heavy (non-hydrogen) atoms. The standard InChI is InChI=1S/C18H16Cl2N2O4S/c19-14-7-4-8-15(18(14)20)27(25,26)21-11-16(23)22(17(24)12-21)10-9-13-5-2-1-3-6-13/h1-8H,9-12H2. The minimum absolute atomic E-state index is 0.0805. The van der Waals surface area contributed by atoms with E-state index in [0.717, 1.165) is 14.8 Å². The Morgan fingerprint density at radius 2 is 1.52 bits per heavy atom. The van der Waals surface area contributed by atoms with Crippen molar-refractivity contribution in [1.82, 2.24) is 9.21 Å². The van der Waals surface area contributed by atoms with E-state index in [1.807, 2.05) is 30.3 Å². The first kappa shape index (κ1) is 19.8. The van der Waals surface area contributed by atoms with Crippen molar-refractivity contribution in [3.05, 3.63) is 64.1 Å². The number of amides is 2. The Kier molecular flexibility index (Phi) is 5.86. The van der Waals surface area contributed by atoms with Gasteiger partial charge in [-0.25, -0.2) is 8.42 Å². The molecule has 9 heteroatoms. The molecule has 1 aliphatic rings. The van der Waals surface area contributed by atoms with Crippen molar-refractivity contribution in [2.24, 2.45) is 0 Å². The molecule has 0 N–H and O–H groups in total. The summed E-state index contributed by atoms with van der Waals surface area (Å²) in [5, 5.41) is -0.0533. The van der Waals surface area contributed by atoms with Gasteiger partial charge in [0, 0.05) is 6.54 Å². The van der Waals surface area contributed by atoms with Crippen LogP contribution in [0.1, 0.15) is 5.56 Å². The first-order valence-corrected chi connectivity index (χ1v) is 10.3. The fourth-order valence-electron chi connectivity index (χ4n) is 2.79. The summed E-state index contributed by atoms with van der Waals surface area (Å²) in [7, 11) is -4.12. The molecule has 2 aromatic carbocycles. The molecule has 0 radical (unpaired) electrons. The van der Waals surface area contributed by atoms with E-state index in [2.05, 4.69) is 0 Å². The summed E-state index contributed by atoms with van der Waals surface area (Å²) < 4.78 is 26.4. The number of carbonyl (C=O) groups is 2. The van der Waals surface area contributed by atoms with Crippen LogP contribution in [0.15, 0.2) is 53.4 Å². The van der Waals surface area contributed by atoms with Crippen molar-refractivity contribution in [3.8, 4) is 0 Å². The number of imide groups is 1. The van der Waals surface area contributed by atoms with Crippen LogP contribution in [-0.4, -0.2) is 49.1 Å². The van der Waals surface area contributed by atoms with Gasteiger partial charge in [-0.15, -0.1) is 0 Å². The van der Waals surface area contributed by atoms with Crippen LogP contribution < -0.4 is 0 Å². The second kappa shape index (κ2) is 7.98. The molecular weight excluding hydrogens is 411 g/mol. The summed E-state index contributed by atoms with van der Waals surface area (Å²) in [6.07, 6.45) is 0.505. The number of piperazine rings is 1. The Morgan fingerprint density at radius 3 is 2.15 bits per heavy atom. The van der Waals surface area contributed by atoms with E-state index in [9.17, 15) is 18.0 Å². The number of benzene rings is 2. The van der Waals surface area contributed by atoms with Gasteiger partial charge in [-0.05, 0) is 24.1 Å². The molecule has 3 rings (SSSR count). The van der Waals surface area contributed by atoms with Crippen LogP contribution in [0.3, 0.4) is 0 Å². The summed E-state index contributed by atoms with van der Waals surface area (Å²) in [5.74, 6) is -1.13. The lowest BCUT2D eigenvalue weighted by molar-refractivity contribution is -0.149. The van der Waals surface area contributed by atoms with Gasteiger partial charge in [0.05, 0.1) is 23.1 Å². The molecule has 1 aliphatic heterocycles. The zero-order valence-corrected chi connectivity index (χ0v) is 16.5. The molecule has 0 spiro atoms. The van der Waals surface area contributed by atoms with Crippen LogP contribution in [0.4, 0.5) is 0 Å². The van der Waals surface area contributed by atoms with Gasteiger partial charge < -0.3 is 0 Å². The second-order valence-electron chi connectivity index (χ2n) is 6.00. The number of hydrogen-bond acceptors (Lipinski definition) is 4. The average molecular weight is 427 g/mol. The van der Waals surface area contributed by atoms with E-state index in [4.69, 9.17) is 23.2 Å². The molecule has 0 bridgehead atoms. The Bertz CT molecular complexity index is 962. The number of hydrogen-bond donors (Lipinski definition) is 0. The third-order valence-corrected chi connectivity index (χ3v) is 6.99. The number of carbonyl (C=O) groups excluding carboxylic acids is 2. The molecule has 0 aromatic heterocycles. The largest absolute Gasteiger partial charge is 0.280 e. The molecule has 0 unspecified atom stereocenters. The van der Waals surface area contributed by atoms with Crippen molar-refractivity contribution >= 4 is 45.0 Å². The van der Waals surface area contributed by atoms with Gasteiger partial charge in [-0.3, -0.25) is 14.5 Å². The van der Waals surface area contributed by atoms with Crippen LogP contribution in [0.2, 0.25) is 10.0 Å². The lowest BCUT2D eigenvalue weighted by Gasteiger charge is -2.32. The monoisotopic (exact) mass is 426 g/mol. The van der Waals surface area contributed by atoms with E-state index >= 15 is 0 Å². The number of sulfonamides is 1. The van der Waals surface area contributed by atoms with Gasteiger partial charge in [-0.2, -0.15) is 4.31 Å². The molecule has 2 aromatic rings. The van der Waals surface area contributed by atoms with Crippen LogP contribution in [0.25, 0.3) is 0 Å². The second-order valence-corrected chi connectivity index (χ2v) is 8.69. The van der Waals surface area contributed by atoms with Crippen molar-refractivity contribution in [2.45, 2.75) is 11.3 Å². The summed E-state index contributed by atoms with van der Waals surface area (Å²) in [6, 6.07) is 13.6. The zero-order valence-electron chi connectivity index (χ0n) is 14.1. The Balaban J connectivity index is 1.75. The number of nitrogens with zero attached hydrogens (tertiary/aromatic N) is 2. The number of rotatable bonds is 5. The van der Waals surface area contributed by atoms with Crippen molar-refractivity contribution < 1.29 is 18.0 Å². The van der Waals surface area contributed by atoms with E-state index in [0.29, 0.717) is 6.42 Å². The third kappa shape index (κ3) is 4.16. The molecule has 1 heterocycles. The van der Waals surface area contributed by atoms with Crippen molar-refractivity contribution in [3.63, 3.8) is 0 Å². The highest BCUT2D eigenvalue weighted by molar-refractivity contribution is 7.89. The van der Waals surface area contributed by atoms with Gasteiger partial charge in [0.25, 0.3) is 0 Å². The third-order valence-electron chi connectivity index (χ3n) is 4.23. The maximum absolute atomic E-state index is 12.8. The number of halogens is 2. The highest BCUT2D eigenvalue weighted by atomic mass is 35.5. The van der Waals surface area contributed by atoms with Crippen LogP contribution in [0.5, 0.6) is 0 Å². The Labute approximate surface area is 167 Å². The molecule has 0 atom stereocenters. The quantitative estimate of drug-likeness (QED) is 0.688. The molecule has 0 saturated carbocycles. The van der Waals surface area contributed by atoms with E-state index in [1.54, 1.807) is 0 Å². The molecule has 0 aliphatic carbocycles. The first-order valence-electron chi connectivity index (χ1n) is 8.12. The van der Waals surface area contributed by atoms with Crippen LogP contribution in [-0.2, 0) is 26.0 Å². The molecule has 1 saturated heterocycles. The Hall–Kier alpha value is -1.93. The maximum Gasteiger partial charge on any atom is 0.245 e. The summed E-state index contributed by atoms with van der Waals surface area (Å²) in [6.45, 7) is -0.648. The van der Waals surface area contributed by atoms with E-state index in [-0.39, 0.29) is 21.5 Å². The molecule has 2 amide bonds. The fraction of sp³-hybridized carbons (Fsp3) is 0.222. The fourth-order valence-corrected chi connectivity index (χ4v) is 4.87. The summed E-state index contributed by atoms with van der Waals surface area (Å²) in [5.41, 5.74) is 0.985. The first-order chi connectivity index (χ1) is 12.8. The minimum atomic E-state index is -4.12. The van der Waals surface area contributed by atoms with Crippen LogP contribution in [0, 0.1) is 0 Å². The predicted octanol–water partition coefficient (Wildman–Crippen LogP) is 2.60. The summed E-state index contributed by atoms with van der Waals surface area (Å²) in [4.78, 5) is 25.7. The van der Waals surface area contributed by atoms with Gasteiger partial charge in [0.2, 0.25) is 21.8 Å². The van der Waals surface area contributed by atoms with Crippen molar-refractivity contribution in [2.75, 3.05) is 19.6 Å². The smallest absolute Gasteiger partial charge is 0.245 e. The van der Waals surface area contributed by atoms with Gasteiger partial charge in [0.1, 0.15) is 4.90 Å². The van der Waals surface area contributed by atoms with Gasteiger partial charge in [-0.1, -0.05) is 59.6 Å². The molecule has 142 valence electrons. The topological polar surface area (TPSA) is 74.8 Å². The normalized spacial score (nSPS) is 16.0. The van der Waals surface area contributed by atoms with E-state index < -0.39 is 34.9 Å².